The monoisotopic (exact) mass is 282 g/mol. The molecule has 0 amide bonds. The zero-order valence-corrected chi connectivity index (χ0v) is 11.0. The lowest BCUT2D eigenvalue weighted by Gasteiger charge is -2.08. The minimum Gasteiger partial charge on any atom is -0.223 e. The number of sulfone groups is 1. The summed E-state index contributed by atoms with van der Waals surface area (Å²) in [4.78, 5) is -0.362. The molecule has 0 aliphatic heterocycles. The molecule has 0 bridgehead atoms. The summed E-state index contributed by atoms with van der Waals surface area (Å²) in [5.41, 5.74) is 0.990. The van der Waals surface area contributed by atoms with Gasteiger partial charge in [0.05, 0.1) is 5.75 Å². The van der Waals surface area contributed by atoms with E-state index in [2.05, 4.69) is 0 Å². The van der Waals surface area contributed by atoms with E-state index in [1.165, 1.54) is 30.3 Å². The fourth-order valence-corrected chi connectivity index (χ4v) is 3.30. The molecule has 2 aromatic carbocycles. The van der Waals surface area contributed by atoms with Crippen LogP contribution >= 0.6 is 0 Å². The van der Waals surface area contributed by atoms with Gasteiger partial charge in [-0.05, 0) is 42.3 Å². The van der Waals surface area contributed by atoms with Crippen molar-refractivity contribution < 1.29 is 17.2 Å². The van der Waals surface area contributed by atoms with Crippen LogP contribution < -0.4 is 0 Å². The zero-order chi connectivity index (χ0) is 14.0. The van der Waals surface area contributed by atoms with Gasteiger partial charge in [-0.15, -0.1) is 0 Å². The van der Waals surface area contributed by atoms with Crippen LogP contribution in [0.5, 0.6) is 0 Å². The molecule has 0 unspecified atom stereocenters. The summed E-state index contributed by atoms with van der Waals surface area (Å²) < 4.78 is 50.9. The smallest absolute Gasteiger partial charge is 0.185 e. The van der Waals surface area contributed by atoms with E-state index in [0.29, 0.717) is 11.1 Å². The van der Waals surface area contributed by atoms with E-state index in [-0.39, 0.29) is 4.90 Å². The molecule has 0 saturated heterocycles. The molecule has 2 rings (SSSR count). The van der Waals surface area contributed by atoms with Gasteiger partial charge in [0, 0.05) is 0 Å². The fraction of sp³-hybridized carbons (Fsp3) is 0.143. The summed E-state index contributed by atoms with van der Waals surface area (Å²) in [5, 5.41) is 0. The van der Waals surface area contributed by atoms with E-state index in [4.69, 9.17) is 0 Å². The second-order valence-corrected chi connectivity index (χ2v) is 6.22. The van der Waals surface area contributed by atoms with Crippen molar-refractivity contribution >= 4 is 9.84 Å². The van der Waals surface area contributed by atoms with Crippen LogP contribution in [0.3, 0.4) is 0 Å². The molecule has 0 atom stereocenters. The van der Waals surface area contributed by atoms with Gasteiger partial charge in [-0.2, -0.15) is 0 Å². The van der Waals surface area contributed by atoms with Gasteiger partial charge in [-0.1, -0.05) is 18.2 Å². The van der Waals surface area contributed by atoms with E-state index >= 15 is 0 Å². The highest BCUT2D eigenvalue weighted by atomic mass is 32.2. The van der Waals surface area contributed by atoms with Crippen molar-refractivity contribution in [2.24, 2.45) is 0 Å². The van der Waals surface area contributed by atoms with Gasteiger partial charge in [0.25, 0.3) is 0 Å². The van der Waals surface area contributed by atoms with Crippen LogP contribution in [-0.4, -0.2) is 8.42 Å². The zero-order valence-electron chi connectivity index (χ0n) is 10.2. The van der Waals surface area contributed by atoms with Crippen molar-refractivity contribution in [3.8, 4) is 0 Å². The normalized spacial score (nSPS) is 11.5. The standard InChI is InChI=1S/C14H12F2O2S/c1-10-6-7-12(15)8-11(10)9-19(17,18)14-5-3-2-4-13(14)16/h2-8H,9H2,1H3. The maximum Gasteiger partial charge on any atom is 0.185 e. The molecule has 19 heavy (non-hydrogen) atoms. The second kappa shape index (κ2) is 5.09. The Bertz CT molecular complexity index is 709. The third-order valence-corrected chi connectivity index (χ3v) is 4.52. The molecular weight excluding hydrogens is 270 g/mol. The topological polar surface area (TPSA) is 34.1 Å². The number of rotatable bonds is 3. The lowest BCUT2D eigenvalue weighted by Crippen LogP contribution is -2.08. The highest BCUT2D eigenvalue weighted by Crippen LogP contribution is 2.21. The van der Waals surface area contributed by atoms with Crippen molar-refractivity contribution in [1.82, 2.24) is 0 Å². The summed E-state index contributed by atoms with van der Waals surface area (Å²) in [6, 6.07) is 9.09. The molecule has 0 aromatic heterocycles. The first-order valence-electron chi connectivity index (χ1n) is 5.62. The maximum atomic E-state index is 13.5. The molecule has 0 N–H and O–H groups in total. The van der Waals surface area contributed by atoms with Crippen molar-refractivity contribution in [3.05, 3.63) is 65.2 Å². The Hall–Kier alpha value is -1.75. The Balaban J connectivity index is 2.43. The third kappa shape index (κ3) is 2.98. The number of benzene rings is 2. The molecule has 2 aromatic rings. The summed E-state index contributed by atoms with van der Waals surface area (Å²) in [7, 11) is -3.82. The highest BCUT2D eigenvalue weighted by molar-refractivity contribution is 7.90. The van der Waals surface area contributed by atoms with Gasteiger partial charge in [-0.25, -0.2) is 17.2 Å². The van der Waals surface area contributed by atoms with Gasteiger partial charge < -0.3 is 0 Å². The Morgan fingerprint density at radius 3 is 2.42 bits per heavy atom. The van der Waals surface area contributed by atoms with E-state index in [0.717, 1.165) is 12.1 Å². The Morgan fingerprint density at radius 2 is 1.74 bits per heavy atom. The van der Waals surface area contributed by atoms with Crippen molar-refractivity contribution in [2.45, 2.75) is 17.6 Å². The van der Waals surface area contributed by atoms with E-state index < -0.39 is 27.2 Å². The van der Waals surface area contributed by atoms with E-state index in [9.17, 15) is 17.2 Å². The SMILES string of the molecule is Cc1ccc(F)cc1CS(=O)(=O)c1ccccc1F. The lowest BCUT2D eigenvalue weighted by molar-refractivity contribution is 0.566. The van der Waals surface area contributed by atoms with Gasteiger partial charge in [0.15, 0.2) is 9.84 Å². The number of halogens is 2. The fourth-order valence-electron chi connectivity index (χ4n) is 1.77. The Kier molecular flexibility index (Phi) is 3.66. The molecular formula is C14H12F2O2S. The predicted molar refractivity (Wildman–Crippen MR) is 68.4 cm³/mol. The second-order valence-electron chi connectivity index (χ2n) is 4.26. The average Bonchev–Trinajstić information content (AvgIpc) is 2.34. The van der Waals surface area contributed by atoms with Crippen LogP contribution in [0.25, 0.3) is 0 Å². The first-order chi connectivity index (χ1) is 8.90. The van der Waals surface area contributed by atoms with E-state index in [1.54, 1.807) is 6.92 Å². The maximum absolute atomic E-state index is 13.5. The largest absolute Gasteiger partial charge is 0.223 e. The number of aryl methyl sites for hydroxylation is 1. The van der Waals surface area contributed by atoms with Gasteiger partial charge >= 0.3 is 0 Å². The molecule has 0 aliphatic rings. The molecule has 0 heterocycles. The van der Waals surface area contributed by atoms with Crippen LogP contribution in [0, 0.1) is 18.6 Å². The number of hydrogen-bond donors (Lipinski definition) is 0. The molecule has 0 saturated carbocycles. The Morgan fingerprint density at radius 1 is 1.05 bits per heavy atom. The average molecular weight is 282 g/mol. The summed E-state index contributed by atoms with van der Waals surface area (Å²) in [5.74, 6) is -1.72. The molecule has 0 fully saturated rings. The van der Waals surface area contributed by atoms with Crippen LogP contribution in [-0.2, 0) is 15.6 Å². The first-order valence-corrected chi connectivity index (χ1v) is 7.28. The van der Waals surface area contributed by atoms with Gasteiger partial charge in [0.1, 0.15) is 16.5 Å². The summed E-state index contributed by atoms with van der Waals surface area (Å²) in [6.45, 7) is 1.69. The quantitative estimate of drug-likeness (QED) is 0.866. The van der Waals surface area contributed by atoms with Crippen molar-refractivity contribution in [2.75, 3.05) is 0 Å². The number of hydrogen-bond acceptors (Lipinski definition) is 2. The lowest BCUT2D eigenvalue weighted by atomic mass is 10.1. The molecule has 0 spiro atoms. The minimum absolute atomic E-state index is 0.336. The Labute approximate surface area is 110 Å². The molecule has 2 nitrogen and oxygen atoms in total. The molecule has 100 valence electrons. The predicted octanol–water partition coefficient (Wildman–Crippen LogP) is 3.25. The van der Waals surface area contributed by atoms with Gasteiger partial charge in [0.2, 0.25) is 0 Å². The van der Waals surface area contributed by atoms with Crippen molar-refractivity contribution in [1.29, 1.82) is 0 Å². The summed E-state index contributed by atoms with van der Waals surface area (Å²) >= 11 is 0. The molecule has 5 heteroatoms. The molecule has 0 aliphatic carbocycles. The van der Waals surface area contributed by atoms with E-state index in [1.807, 2.05) is 0 Å². The van der Waals surface area contributed by atoms with Crippen LogP contribution in [0.4, 0.5) is 8.78 Å². The van der Waals surface area contributed by atoms with Gasteiger partial charge in [-0.3, -0.25) is 0 Å². The van der Waals surface area contributed by atoms with Crippen LogP contribution in [0.1, 0.15) is 11.1 Å². The van der Waals surface area contributed by atoms with Crippen molar-refractivity contribution in [3.63, 3.8) is 0 Å². The van der Waals surface area contributed by atoms with Crippen LogP contribution in [0.2, 0.25) is 0 Å². The summed E-state index contributed by atoms with van der Waals surface area (Å²) in [6.07, 6.45) is 0. The van der Waals surface area contributed by atoms with Crippen LogP contribution in [0.15, 0.2) is 47.4 Å². The molecule has 0 radical (unpaired) electrons. The first kappa shape index (κ1) is 13.7. The third-order valence-electron chi connectivity index (χ3n) is 2.83. The highest BCUT2D eigenvalue weighted by Gasteiger charge is 2.20. The minimum atomic E-state index is -3.82.